The highest BCUT2D eigenvalue weighted by Gasteiger charge is 2.16. The van der Waals surface area contributed by atoms with Gasteiger partial charge in [-0.2, -0.15) is 0 Å². The van der Waals surface area contributed by atoms with Gasteiger partial charge in [0.25, 0.3) is 0 Å². The van der Waals surface area contributed by atoms with E-state index in [0.717, 1.165) is 21.5 Å². The maximum absolute atomic E-state index is 12.2. The highest BCUT2D eigenvalue weighted by molar-refractivity contribution is 8.00. The van der Waals surface area contributed by atoms with Crippen LogP contribution in [0.3, 0.4) is 0 Å². The number of carbonyl (C=O) groups is 1. The van der Waals surface area contributed by atoms with Crippen molar-refractivity contribution in [2.75, 3.05) is 19.5 Å². The van der Waals surface area contributed by atoms with E-state index < -0.39 is 0 Å². The maximum Gasteiger partial charge on any atom is 0.226 e. The average Bonchev–Trinajstić information content (AvgIpc) is 2.95. The lowest BCUT2D eigenvalue weighted by atomic mass is 10.2. The van der Waals surface area contributed by atoms with Crippen LogP contribution < -0.4 is 5.32 Å². The molecule has 2 rings (SSSR count). The fraction of sp³-hybridized carbons (Fsp3) is 0.400. The largest absolute Gasteiger partial charge is 0.382 e. The normalized spacial score (nSPS) is 12.1. The van der Waals surface area contributed by atoms with Crippen LogP contribution in [0, 0.1) is 0 Å². The molecular weight excluding hydrogens is 318 g/mol. The molecule has 0 spiro atoms. The summed E-state index contributed by atoms with van der Waals surface area (Å²) in [5.74, 6) is 0.903. The Labute approximate surface area is 138 Å². The fourth-order valence-corrected chi connectivity index (χ4v) is 3.66. The number of thioether (sulfide) groups is 1. The number of ether oxygens (including phenoxy) is 1. The first-order chi connectivity index (χ1) is 10.7. The average molecular weight is 337 g/mol. The summed E-state index contributed by atoms with van der Waals surface area (Å²) in [5, 5.41) is 4.89. The van der Waals surface area contributed by atoms with Gasteiger partial charge in [-0.25, -0.2) is 4.98 Å². The molecule has 1 atom stereocenters. The first kappa shape index (κ1) is 16.9. The molecule has 0 saturated carbocycles. The summed E-state index contributed by atoms with van der Waals surface area (Å²) in [6.45, 7) is 2.47. The molecule has 22 heavy (non-hydrogen) atoms. The molecule has 0 fully saturated rings. The second kappa shape index (κ2) is 8.87. The van der Waals surface area contributed by atoms with E-state index in [2.05, 4.69) is 22.2 Å². The third-order valence-electron chi connectivity index (χ3n) is 2.85. The van der Waals surface area contributed by atoms with Crippen molar-refractivity contribution in [1.82, 2.24) is 15.3 Å². The third-order valence-corrected chi connectivity index (χ3v) is 4.81. The molecule has 0 aromatic carbocycles. The SMILES string of the molecule is CCSc1nc(CC(=O)NC(COC)c2ccccn2)cs1. The Bertz CT molecular complexity index is 589. The number of pyridine rings is 1. The van der Waals surface area contributed by atoms with Crippen LogP contribution in [-0.4, -0.2) is 35.3 Å². The van der Waals surface area contributed by atoms with Crippen LogP contribution in [0.2, 0.25) is 0 Å². The van der Waals surface area contributed by atoms with E-state index in [-0.39, 0.29) is 18.4 Å². The highest BCUT2D eigenvalue weighted by atomic mass is 32.2. The van der Waals surface area contributed by atoms with Crippen LogP contribution in [0.15, 0.2) is 34.1 Å². The summed E-state index contributed by atoms with van der Waals surface area (Å²) in [5.41, 5.74) is 1.59. The summed E-state index contributed by atoms with van der Waals surface area (Å²) >= 11 is 3.26. The van der Waals surface area contributed by atoms with Crippen molar-refractivity contribution in [2.24, 2.45) is 0 Å². The van der Waals surface area contributed by atoms with E-state index in [9.17, 15) is 4.79 Å². The van der Waals surface area contributed by atoms with Gasteiger partial charge in [-0.1, -0.05) is 24.8 Å². The third kappa shape index (κ3) is 5.08. The van der Waals surface area contributed by atoms with Crippen LogP contribution >= 0.6 is 23.1 Å². The minimum atomic E-state index is -0.248. The Hall–Kier alpha value is -1.44. The van der Waals surface area contributed by atoms with E-state index in [0.29, 0.717) is 6.61 Å². The van der Waals surface area contributed by atoms with Crippen molar-refractivity contribution in [1.29, 1.82) is 0 Å². The smallest absolute Gasteiger partial charge is 0.226 e. The van der Waals surface area contributed by atoms with Crippen LogP contribution in [0.5, 0.6) is 0 Å². The Morgan fingerprint density at radius 2 is 2.36 bits per heavy atom. The molecule has 1 unspecified atom stereocenters. The number of methoxy groups -OCH3 is 1. The van der Waals surface area contributed by atoms with Crippen molar-refractivity contribution in [3.8, 4) is 0 Å². The van der Waals surface area contributed by atoms with Crippen molar-refractivity contribution in [3.05, 3.63) is 41.2 Å². The molecule has 2 aromatic heterocycles. The zero-order valence-electron chi connectivity index (χ0n) is 12.6. The Morgan fingerprint density at radius 1 is 1.50 bits per heavy atom. The van der Waals surface area contributed by atoms with Crippen molar-refractivity contribution >= 4 is 29.0 Å². The Balaban J connectivity index is 1.95. The number of amides is 1. The highest BCUT2D eigenvalue weighted by Crippen LogP contribution is 2.22. The van der Waals surface area contributed by atoms with Gasteiger partial charge in [0.15, 0.2) is 0 Å². The number of aromatic nitrogens is 2. The first-order valence-electron chi connectivity index (χ1n) is 6.99. The lowest BCUT2D eigenvalue weighted by Crippen LogP contribution is -2.33. The number of hydrogen-bond donors (Lipinski definition) is 1. The molecule has 0 radical (unpaired) electrons. The molecule has 2 heterocycles. The Morgan fingerprint density at radius 3 is 3.05 bits per heavy atom. The fourth-order valence-electron chi connectivity index (χ4n) is 1.92. The van der Waals surface area contributed by atoms with Gasteiger partial charge >= 0.3 is 0 Å². The summed E-state index contributed by atoms with van der Waals surface area (Å²) in [4.78, 5) is 20.9. The quantitative estimate of drug-likeness (QED) is 0.750. The van der Waals surface area contributed by atoms with E-state index in [1.807, 2.05) is 23.6 Å². The lowest BCUT2D eigenvalue weighted by molar-refractivity contribution is -0.121. The van der Waals surface area contributed by atoms with Gasteiger partial charge in [-0.15, -0.1) is 11.3 Å². The number of carbonyl (C=O) groups excluding carboxylic acids is 1. The van der Waals surface area contributed by atoms with Crippen LogP contribution in [0.4, 0.5) is 0 Å². The number of thiazole rings is 1. The summed E-state index contributed by atoms with van der Waals surface area (Å²) in [6, 6.07) is 5.37. The predicted octanol–water partition coefficient (Wildman–Crippen LogP) is 2.70. The van der Waals surface area contributed by atoms with E-state index in [1.54, 1.807) is 36.4 Å². The zero-order valence-corrected chi connectivity index (χ0v) is 14.2. The molecule has 118 valence electrons. The van der Waals surface area contributed by atoms with Crippen LogP contribution in [0.1, 0.15) is 24.4 Å². The number of nitrogens with zero attached hydrogens (tertiary/aromatic N) is 2. The molecule has 2 aromatic rings. The minimum absolute atomic E-state index is 0.0777. The molecule has 5 nitrogen and oxygen atoms in total. The zero-order chi connectivity index (χ0) is 15.8. The van der Waals surface area contributed by atoms with Crippen molar-refractivity contribution in [2.45, 2.75) is 23.7 Å². The van der Waals surface area contributed by atoms with E-state index in [4.69, 9.17) is 4.74 Å². The maximum atomic E-state index is 12.2. The van der Waals surface area contributed by atoms with Gasteiger partial charge in [-0.3, -0.25) is 9.78 Å². The molecule has 0 aliphatic rings. The van der Waals surface area contributed by atoms with Crippen LogP contribution in [0.25, 0.3) is 0 Å². The number of rotatable bonds is 8. The van der Waals surface area contributed by atoms with E-state index >= 15 is 0 Å². The van der Waals surface area contributed by atoms with Crippen molar-refractivity contribution < 1.29 is 9.53 Å². The first-order valence-corrected chi connectivity index (χ1v) is 8.86. The van der Waals surface area contributed by atoms with Gasteiger partial charge < -0.3 is 10.1 Å². The topological polar surface area (TPSA) is 64.1 Å². The van der Waals surface area contributed by atoms with Gasteiger partial charge in [0.1, 0.15) is 4.34 Å². The molecule has 0 aliphatic carbocycles. The molecule has 1 N–H and O–H groups in total. The van der Waals surface area contributed by atoms with Gasteiger partial charge in [0, 0.05) is 18.7 Å². The Kier molecular flexibility index (Phi) is 6.82. The molecule has 0 aliphatic heterocycles. The second-order valence-corrected chi connectivity index (χ2v) is 6.91. The number of hydrogen-bond acceptors (Lipinski definition) is 6. The van der Waals surface area contributed by atoms with Gasteiger partial charge in [0.05, 0.1) is 30.5 Å². The molecule has 0 saturated heterocycles. The lowest BCUT2D eigenvalue weighted by Gasteiger charge is -2.17. The monoisotopic (exact) mass is 337 g/mol. The second-order valence-electron chi connectivity index (χ2n) is 4.54. The molecule has 7 heteroatoms. The molecule has 0 bridgehead atoms. The van der Waals surface area contributed by atoms with E-state index in [1.165, 1.54) is 0 Å². The standard InChI is InChI=1S/C15H19N3O2S2/c1-3-21-15-17-11(10-22-15)8-14(19)18-13(9-20-2)12-6-4-5-7-16-12/h4-7,10,13H,3,8-9H2,1-2H3,(H,18,19). The van der Waals surface area contributed by atoms with Crippen LogP contribution in [-0.2, 0) is 16.0 Å². The van der Waals surface area contributed by atoms with Gasteiger partial charge in [0.2, 0.25) is 5.91 Å². The van der Waals surface area contributed by atoms with Crippen molar-refractivity contribution in [3.63, 3.8) is 0 Å². The predicted molar refractivity (Wildman–Crippen MR) is 89.2 cm³/mol. The minimum Gasteiger partial charge on any atom is -0.382 e. The number of nitrogens with one attached hydrogen (secondary N) is 1. The summed E-state index contributed by atoms with van der Waals surface area (Å²) in [7, 11) is 1.61. The summed E-state index contributed by atoms with van der Waals surface area (Å²) in [6.07, 6.45) is 1.98. The molecule has 1 amide bonds. The van der Waals surface area contributed by atoms with Gasteiger partial charge in [-0.05, 0) is 17.9 Å². The summed E-state index contributed by atoms with van der Waals surface area (Å²) < 4.78 is 6.18. The molecular formula is C15H19N3O2S2.